The lowest BCUT2D eigenvalue weighted by molar-refractivity contribution is -0.147. The molecule has 150 valence electrons. The zero-order valence-electron chi connectivity index (χ0n) is 17.3. The highest BCUT2D eigenvalue weighted by molar-refractivity contribution is 7.96. The largest absolute Gasteiger partial charge is 0.348 e. The summed E-state index contributed by atoms with van der Waals surface area (Å²) in [4.78, 5) is 0. The number of hydrogen-bond acceptors (Lipinski definition) is 2. The lowest BCUT2D eigenvalue weighted by Gasteiger charge is -2.34. The van der Waals surface area contributed by atoms with E-state index in [2.05, 4.69) is 105 Å². The van der Waals surface area contributed by atoms with Crippen molar-refractivity contribution in [2.45, 2.75) is 38.1 Å². The van der Waals surface area contributed by atoms with Gasteiger partial charge in [0.1, 0.15) is 23.2 Å². The van der Waals surface area contributed by atoms with Crippen molar-refractivity contribution in [2.75, 3.05) is 13.2 Å². The summed E-state index contributed by atoms with van der Waals surface area (Å²) in [5.41, 5.74) is 0.458. The maximum atomic E-state index is 5.91. The van der Waals surface area contributed by atoms with Crippen molar-refractivity contribution in [1.82, 2.24) is 0 Å². The second kappa shape index (κ2) is 8.79. The highest BCUT2D eigenvalue weighted by Gasteiger charge is 2.50. The molecule has 1 saturated heterocycles. The maximum Gasteiger partial charge on any atom is 0.165 e. The molecule has 0 saturated carbocycles. The van der Waals surface area contributed by atoms with E-state index in [1.807, 2.05) is 0 Å². The molecule has 3 heteroatoms. The topological polar surface area (TPSA) is 18.5 Å². The van der Waals surface area contributed by atoms with Crippen molar-refractivity contribution in [1.29, 1.82) is 0 Å². The molecule has 1 aliphatic rings. The van der Waals surface area contributed by atoms with Gasteiger partial charge in [0.2, 0.25) is 0 Å². The molecule has 0 bridgehead atoms. The van der Waals surface area contributed by atoms with E-state index in [9.17, 15) is 0 Å². The van der Waals surface area contributed by atoms with Gasteiger partial charge in [0.15, 0.2) is 5.79 Å². The number of rotatable bonds is 7. The minimum atomic E-state index is -1.84. The predicted molar refractivity (Wildman–Crippen MR) is 124 cm³/mol. The summed E-state index contributed by atoms with van der Waals surface area (Å²) in [5.74, 6) is -0.450. The third-order valence-corrected chi connectivity index (χ3v) is 11.0. The van der Waals surface area contributed by atoms with Crippen LogP contribution in [0.4, 0.5) is 0 Å². The molecule has 0 N–H and O–H groups in total. The Balaban J connectivity index is 1.83. The lowest BCUT2D eigenvalue weighted by Crippen LogP contribution is -2.38. The van der Waals surface area contributed by atoms with Gasteiger partial charge in [0, 0.05) is 6.42 Å². The SMILES string of the molecule is CC(CCC1(C)OCCO1)[P+](c1ccccc1)(c1ccccc1)c1ccccc1. The first-order valence-corrected chi connectivity index (χ1v) is 12.3. The average molecular weight is 405 g/mol. The summed E-state index contributed by atoms with van der Waals surface area (Å²) in [5, 5.41) is 4.30. The van der Waals surface area contributed by atoms with Gasteiger partial charge in [0.05, 0.1) is 18.9 Å². The van der Waals surface area contributed by atoms with E-state index < -0.39 is 13.0 Å². The van der Waals surface area contributed by atoms with Gasteiger partial charge in [-0.25, -0.2) is 0 Å². The Morgan fingerprint density at radius 2 is 1.10 bits per heavy atom. The van der Waals surface area contributed by atoms with Crippen molar-refractivity contribution in [3.63, 3.8) is 0 Å². The molecular formula is C26H30O2P+. The first kappa shape index (κ1) is 20.3. The van der Waals surface area contributed by atoms with E-state index in [1.165, 1.54) is 15.9 Å². The monoisotopic (exact) mass is 405 g/mol. The van der Waals surface area contributed by atoms with Gasteiger partial charge in [-0.05, 0) is 56.7 Å². The number of ether oxygens (including phenoxy) is 2. The van der Waals surface area contributed by atoms with E-state index in [0.29, 0.717) is 18.9 Å². The molecule has 0 aliphatic carbocycles. The van der Waals surface area contributed by atoms with Crippen LogP contribution in [0.1, 0.15) is 26.7 Å². The van der Waals surface area contributed by atoms with Crippen LogP contribution in [0.25, 0.3) is 0 Å². The van der Waals surface area contributed by atoms with E-state index in [0.717, 1.165) is 12.8 Å². The third-order valence-electron chi connectivity index (χ3n) is 6.07. The molecule has 3 aromatic carbocycles. The zero-order valence-corrected chi connectivity index (χ0v) is 18.2. The Kier molecular flexibility index (Phi) is 6.15. The second-order valence-corrected chi connectivity index (χ2v) is 11.8. The fourth-order valence-electron chi connectivity index (χ4n) is 4.57. The normalized spacial score (nSPS) is 17.2. The van der Waals surface area contributed by atoms with Crippen molar-refractivity contribution in [3.05, 3.63) is 91.0 Å². The molecular weight excluding hydrogens is 375 g/mol. The van der Waals surface area contributed by atoms with Crippen LogP contribution in [0.15, 0.2) is 91.0 Å². The van der Waals surface area contributed by atoms with Crippen LogP contribution >= 0.6 is 7.26 Å². The van der Waals surface area contributed by atoms with Crippen LogP contribution in [0.5, 0.6) is 0 Å². The molecule has 1 unspecified atom stereocenters. The summed E-state index contributed by atoms with van der Waals surface area (Å²) >= 11 is 0. The Hall–Kier alpha value is -1.99. The minimum absolute atomic E-state index is 0.450. The molecule has 0 aromatic heterocycles. The van der Waals surface area contributed by atoms with Crippen LogP contribution in [0, 0.1) is 0 Å². The van der Waals surface area contributed by atoms with Crippen molar-refractivity contribution in [3.8, 4) is 0 Å². The quantitative estimate of drug-likeness (QED) is 0.520. The van der Waals surface area contributed by atoms with Crippen molar-refractivity contribution in [2.24, 2.45) is 0 Å². The van der Waals surface area contributed by atoms with E-state index in [1.54, 1.807) is 0 Å². The number of hydrogen-bond donors (Lipinski definition) is 0. The minimum Gasteiger partial charge on any atom is -0.348 e. The van der Waals surface area contributed by atoms with Gasteiger partial charge in [0.25, 0.3) is 0 Å². The fourth-order valence-corrected chi connectivity index (χ4v) is 9.43. The number of benzene rings is 3. The Bertz CT molecular complexity index is 793. The molecule has 0 amide bonds. The highest BCUT2D eigenvalue weighted by Crippen LogP contribution is 2.61. The van der Waals surface area contributed by atoms with E-state index >= 15 is 0 Å². The predicted octanol–water partition coefficient (Wildman–Crippen LogP) is 4.91. The van der Waals surface area contributed by atoms with Crippen LogP contribution < -0.4 is 15.9 Å². The van der Waals surface area contributed by atoms with Crippen LogP contribution in [0.2, 0.25) is 0 Å². The fraction of sp³-hybridized carbons (Fsp3) is 0.308. The molecule has 3 aromatic rings. The van der Waals surface area contributed by atoms with Crippen LogP contribution in [-0.4, -0.2) is 24.7 Å². The molecule has 0 radical (unpaired) electrons. The van der Waals surface area contributed by atoms with Gasteiger partial charge < -0.3 is 9.47 Å². The Morgan fingerprint density at radius 1 is 0.724 bits per heavy atom. The highest BCUT2D eigenvalue weighted by atomic mass is 31.2. The smallest absolute Gasteiger partial charge is 0.165 e. The van der Waals surface area contributed by atoms with Crippen LogP contribution in [0.3, 0.4) is 0 Å². The summed E-state index contributed by atoms with van der Waals surface area (Å²) in [6.07, 6.45) is 1.95. The molecule has 1 atom stereocenters. The summed E-state index contributed by atoms with van der Waals surface area (Å²) in [7, 11) is -1.84. The van der Waals surface area contributed by atoms with Gasteiger partial charge in [-0.3, -0.25) is 0 Å². The lowest BCUT2D eigenvalue weighted by atomic mass is 10.1. The molecule has 0 spiro atoms. The first-order valence-electron chi connectivity index (χ1n) is 10.5. The van der Waals surface area contributed by atoms with Crippen molar-refractivity contribution >= 4 is 23.2 Å². The molecule has 29 heavy (non-hydrogen) atoms. The molecule has 1 fully saturated rings. The van der Waals surface area contributed by atoms with Gasteiger partial charge in [-0.2, -0.15) is 0 Å². The standard InChI is InChI=1S/C26H30O2P/c1-22(18-19-26(2)27-20-21-28-26)29(23-12-6-3-7-13-23,24-14-8-4-9-15-24)25-16-10-5-11-17-25/h3-17,22H,18-21H2,1-2H3/q+1. The molecule has 1 aliphatic heterocycles. The molecule has 4 rings (SSSR count). The average Bonchev–Trinajstić information content (AvgIpc) is 3.22. The molecule has 1 heterocycles. The second-order valence-electron chi connectivity index (χ2n) is 7.95. The Labute approximate surface area is 175 Å². The van der Waals surface area contributed by atoms with Crippen molar-refractivity contribution < 1.29 is 9.47 Å². The van der Waals surface area contributed by atoms with Gasteiger partial charge in [-0.15, -0.1) is 0 Å². The third kappa shape index (κ3) is 4.03. The summed E-state index contributed by atoms with van der Waals surface area (Å²) in [6.45, 7) is 5.89. The zero-order chi connectivity index (χ0) is 20.2. The Morgan fingerprint density at radius 3 is 1.48 bits per heavy atom. The first-order chi connectivity index (χ1) is 14.2. The van der Waals surface area contributed by atoms with E-state index in [4.69, 9.17) is 9.47 Å². The molecule has 2 nitrogen and oxygen atoms in total. The van der Waals surface area contributed by atoms with Gasteiger partial charge >= 0.3 is 0 Å². The summed E-state index contributed by atoms with van der Waals surface area (Å²) in [6, 6.07) is 33.3. The maximum absolute atomic E-state index is 5.91. The van der Waals surface area contributed by atoms with Crippen LogP contribution in [-0.2, 0) is 9.47 Å². The van der Waals surface area contributed by atoms with Gasteiger partial charge in [-0.1, -0.05) is 54.6 Å². The summed E-state index contributed by atoms with van der Waals surface area (Å²) < 4.78 is 11.8. The van der Waals surface area contributed by atoms with E-state index in [-0.39, 0.29) is 0 Å².